The number of methoxy groups -OCH3 is 1. The number of hydrogen-bond acceptors (Lipinski definition) is 10. The van der Waals surface area contributed by atoms with E-state index in [1.165, 1.54) is 20.2 Å². The number of carbonyl (C=O) groups excluding carboxylic acids is 1. The number of aromatic nitrogens is 2. The lowest BCUT2D eigenvalue weighted by Gasteiger charge is -2.30. The molecule has 12 nitrogen and oxygen atoms in total. The molecule has 39 heavy (non-hydrogen) atoms. The molecule has 1 aromatic heterocycles. The van der Waals surface area contributed by atoms with Gasteiger partial charge in [-0.2, -0.15) is 0 Å². The monoisotopic (exact) mass is 559 g/mol. The molecule has 0 bridgehead atoms. The van der Waals surface area contributed by atoms with Crippen molar-refractivity contribution < 1.29 is 33.5 Å². The van der Waals surface area contributed by atoms with E-state index < -0.39 is 50.3 Å². The van der Waals surface area contributed by atoms with Gasteiger partial charge in [0.2, 0.25) is 0 Å². The highest BCUT2D eigenvalue weighted by atomic mass is 31.2. The summed E-state index contributed by atoms with van der Waals surface area (Å²) in [6, 6.07) is 14.2. The number of H-pyrrole nitrogens is 1. The summed E-state index contributed by atoms with van der Waals surface area (Å²) in [5.74, 6) is -0.0737. The predicted octanol–water partition coefficient (Wildman–Crippen LogP) is 1.74. The number of aromatic amines is 1. The largest absolute Gasteiger partial charge is 0.468 e. The van der Waals surface area contributed by atoms with Crippen molar-refractivity contribution in [1.29, 1.82) is 0 Å². The number of benzene rings is 2. The molecular weight excluding hydrogens is 529 g/mol. The van der Waals surface area contributed by atoms with E-state index in [0.717, 1.165) is 27.5 Å². The lowest BCUT2D eigenvalue weighted by atomic mass is 10.1. The van der Waals surface area contributed by atoms with Gasteiger partial charge in [0.1, 0.15) is 36.8 Å². The fourth-order valence-corrected chi connectivity index (χ4v) is 4.59. The maximum atomic E-state index is 12.2. The molecule has 208 valence electrons. The molecule has 0 spiro atoms. The molecule has 3 aromatic rings. The number of ether oxygens (including phenoxy) is 2. The second-order valence-corrected chi connectivity index (χ2v) is 9.45. The van der Waals surface area contributed by atoms with Crippen LogP contribution in [0.1, 0.15) is 13.2 Å². The van der Waals surface area contributed by atoms with Gasteiger partial charge < -0.3 is 28.7 Å². The molecular formula is C26H30N3O9P. The van der Waals surface area contributed by atoms with Crippen LogP contribution in [0.25, 0.3) is 10.8 Å². The van der Waals surface area contributed by atoms with Crippen LogP contribution >= 0.6 is 8.53 Å². The minimum Gasteiger partial charge on any atom is -0.468 e. The van der Waals surface area contributed by atoms with Gasteiger partial charge in [-0.3, -0.25) is 19.1 Å². The van der Waals surface area contributed by atoms with Crippen LogP contribution in [0.15, 0.2) is 82.7 Å². The molecule has 3 rings (SSSR count). The average Bonchev–Trinajstić information content (AvgIpc) is 2.93. The first-order valence-electron chi connectivity index (χ1n) is 11.8. The third-order valence-electron chi connectivity index (χ3n) is 5.50. The van der Waals surface area contributed by atoms with E-state index in [-0.39, 0.29) is 13.2 Å². The Morgan fingerprint density at radius 3 is 2.67 bits per heavy atom. The fourth-order valence-electron chi connectivity index (χ4n) is 3.50. The van der Waals surface area contributed by atoms with Crippen molar-refractivity contribution in [3.8, 4) is 5.75 Å². The van der Waals surface area contributed by atoms with E-state index in [0.29, 0.717) is 5.75 Å². The van der Waals surface area contributed by atoms with Crippen molar-refractivity contribution in [3.05, 3.63) is 94.0 Å². The van der Waals surface area contributed by atoms with Crippen LogP contribution in [-0.2, 0) is 18.8 Å². The highest BCUT2D eigenvalue weighted by molar-refractivity contribution is 7.45. The Morgan fingerprint density at radius 1 is 1.21 bits per heavy atom. The first-order valence-corrected chi connectivity index (χ1v) is 13.0. The number of rotatable bonds is 14. The van der Waals surface area contributed by atoms with E-state index in [1.54, 1.807) is 6.07 Å². The first kappa shape index (κ1) is 29.9. The minimum atomic E-state index is -2.00. The number of hydrogen-bond donors (Lipinski definition) is 4. The van der Waals surface area contributed by atoms with Gasteiger partial charge in [0.05, 0.1) is 13.7 Å². The number of nitrogens with one attached hydrogen (secondary N) is 2. The molecule has 2 aromatic carbocycles. The van der Waals surface area contributed by atoms with Crippen molar-refractivity contribution in [2.75, 3.05) is 20.3 Å². The Balaban J connectivity index is 1.84. The molecule has 0 aliphatic rings. The normalized spacial score (nSPS) is 15.0. The Bertz CT molecular complexity index is 1410. The maximum absolute atomic E-state index is 12.2. The standard InChI is InChI=1S/C26H30N3O9P/c1-4-8-20(30)25(33)22(37-17(2)29-14-13-23(31)28-26(29)34)16-36-39(27-15-24(32)35-3)38-21-12-7-10-18-9-5-6-11-19(18)21/h5-14,17,20,22,25,27,30,33H,1,15-16H2,2-3H3,(H,28,31,34)/t17?,20-,22?,25?,39?/m1/s1. The Morgan fingerprint density at radius 2 is 1.95 bits per heavy atom. The van der Waals surface area contributed by atoms with E-state index in [1.807, 2.05) is 36.4 Å². The van der Waals surface area contributed by atoms with Crippen LogP contribution < -0.4 is 20.9 Å². The van der Waals surface area contributed by atoms with Gasteiger partial charge in [0, 0.05) is 17.6 Å². The van der Waals surface area contributed by atoms with Gasteiger partial charge in [0.15, 0.2) is 0 Å². The van der Waals surface area contributed by atoms with Gasteiger partial charge in [-0.05, 0) is 24.5 Å². The Labute approximate surface area is 225 Å². The predicted molar refractivity (Wildman–Crippen MR) is 144 cm³/mol. The van der Waals surface area contributed by atoms with E-state index in [2.05, 4.69) is 27.1 Å². The highest BCUT2D eigenvalue weighted by Crippen LogP contribution is 2.39. The zero-order valence-corrected chi connectivity index (χ0v) is 22.2. The molecule has 1 heterocycles. The summed E-state index contributed by atoms with van der Waals surface area (Å²) in [6.45, 7) is 4.34. The van der Waals surface area contributed by atoms with E-state index in [9.17, 15) is 24.6 Å². The number of carbonyl (C=O) groups is 1. The molecule has 0 amide bonds. The van der Waals surface area contributed by atoms with Gasteiger partial charge in [-0.1, -0.05) is 43.0 Å². The molecule has 5 atom stereocenters. The first-order chi connectivity index (χ1) is 18.7. The van der Waals surface area contributed by atoms with Crippen molar-refractivity contribution >= 4 is 25.3 Å². The zero-order valence-electron chi connectivity index (χ0n) is 21.4. The highest BCUT2D eigenvalue weighted by Gasteiger charge is 2.30. The van der Waals surface area contributed by atoms with Crippen LogP contribution in [0.5, 0.6) is 5.75 Å². The molecule has 4 N–H and O–H groups in total. The lowest BCUT2D eigenvalue weighted by molar-refractivity contribution is -0.139. The number of fused-ring (bicyclic) bond motifs is 1. The van der Waals surface area contributed by atoms with Crippen molar-refractivity contribution in [1.82, 2.24) is 14.6 Å². The van der Waals surface area contributed by atoms with E-state index in [4.69, 9.17) is 13.8 Å². The summed E-state index contributed by atoms with van der Waals surface area (Å²) < 4.78 is 23.7. The van der Waals surface area contributed by atoms with Crippen LogP contribution in [0.4, 0.5) is 0 Å². The molecule has 0 radical (unpaired) electrons. The van der Waals surface area contributed by atoms with Crippen molar-refractivity contribution in [2.24, 2.45) is 0 Å². The smallest absolute Gasteiger partial charge is 0.330 e. The number of aliphatic hydroxyl groups is 2. The molecule has 4 unspecified atom stereocenters. The second kappa shape index (κ2) is 14.5. The minimum absolute atomic E-state index is 0.230. The third-order valence-corrected chi connectivity index (χ3v) is 6.66. The van der Waals surface area contributed by atoms with Crippen LogP contribution in [0.3, 0.4) is 0 Å². The second-order valence-electron chi connectivity index (χ2n) is 8.18. The molecule has 0 saturated heterocycles. The van der Waals surface area contributed by atoms with E-state index >= 15 is 0 Å². The van der Waals surface area contributed by atoms with Gasteiger partial charge in [0.25, 0.3) is 5.56 Å². The van der Waals surface area contributed by atoms with Crippen molar-refractivity contribution in [2.45, 2.75) is 31.5 Å². The third kappa shape index (κ3) is 8.44. The lowest BCUT2D eigenvalue weighted by Crippen LogP contribution is -2.43. The maximum Gasteiger partial charge on any atom is 0.330 e. The summed E-state index contributed by atoms with van der Waals surface area (Å²) in [4.78, 5) is 37.6. The Hall–Kier alpha value is -3.60. The topological polar surface area (TPSA) is 161 Å². The summed E-state index contributed by atoms with van der Waals surface area (Å²) in [6.07, 6.45) is -2.77. The quantitative estimate of drug-likeness (QED) is 0.130. The summed E-state index contributed by atoms with van der Waals surface area (Å²) >= 11 is 0. The SMILES string of the molecule is C=C=C[C@@H](O)C(O)C(COP(NCC(=O)OC)Oc1cccc2ccccc12)OC(C)n1ccc(=O)[nH]c1=O. The molecule has 13 heteroatoms. The molecule has 0 aliphatic carbocycles. The number of aliphatic hydroxyl groups excluding tert-OH is 2. The molecule has 0 aliphatic heterocycles. The number of esters is 1. The van der Waals surface area contributed by atoms with Gasteiger partial charge in [-0.15, -0.1) is 5.73 Å². The van der Waals surface area contributed by atoms with Gasteiger partial charge in [-0.25, -0.2) is 9.88 Å². The molecule has 0 fully saturated rings. The number of nitrogens with zero attached hydrogens (tertiary/aromatic N) is 1. The summed E-state index contributed by atoms with van der Waals surface area (Å²) in [5, 5.41) is 25.7. The Kier molecular flexibility index (Phi) is 11.2. The van der Waals surface area contributed by atoms with Crippen molar-refractivity contribution in [3.63, 3.8) is 0 Å². The average molecular weight is 560 g/mol. The summed E-state index contributed by atoms with van der Waals surface area (Å²) in [7, 11) is -0.757. The summed E-state index contributed by atoms with van der Waals surface area (Å²) in [5.41, 5.74) is 1.09. The van der Waals surface area contributed by atoms with Crippen LogP contribution in [0, 0.1) is 0 Å². The fraction of sp³-hybridized carbons (Fsp3) is 0.308. The zero-order chi connectivity index (χ0) is 28.4. The van der Waals surface area contributed by atoms with Crippen LogP contribution in [-0.4, -0.2) is 64.3 Å². The van der Waals surface area contributed by atoms with Gasteiger partial charge >= 0.3 is 20.2 Å². The molecule has 0 saturated carbocycles. The van der Waals surface area contributed by atoms with Crippen LogP contribution in [0.2, 0.25) is 0 Å².